The molecule has 0 saturated carbocycles. The van der Waals surface area contributed by atoms with Gasteiger partial charge in [0.25, 0.3) is 0 Å². The minimum Gasteiger partial charge on any atom is -0.368 e. The number of rotatable bonds is 5. The van der Waals surface area contributed by atoms with Gasteiger partial charge >= 0.3 is 0 Å². The second-order valence-electron chi connectivity index (χ2n) is 3.27. The SMILES string of the molecule is NC(=O)C(N)CNCc1ccc(F)cc1. The molecule has 15 heavy (non-hydrogen) atoms. The van der Waals surface area contributed by atoms with Gasteiger partial charge in [-0.15, -0.1) is 0 Å². The van der Waals surface area contributed by atoms with Gasteiger partial charge in [-0.1, -0.05) is 12.1 Å². The maximum absolute atomic E-state index is 12.5. The minimum atomic E-state index is -0.689. The van der Waals surface area contributed by atoms with Crippen molar-refractivity contribution in [3.05, 3.63) is 35.6 Å². The molecule has 1 amide bonds. The first kappa shape index (κ1) is 11.6. The fourth-order valence-electron chi connectivity index (χ4n) is 1.07. The molecule has 4 nitrogen and oxygen atoms in total. The van der Waals surface area contributed by atoms with Crippen LogP contribution >= 0.6 is 0 Å². The molecule has 82 valence electrons. The summed E-state index contributed by atoms with van der Waals surface area (Å²) < 4.78 is 12.5. The molecule has 1 unspecified atom stereocenters. The smallest absolute Gasteiger partial charge is 0.235 e. The fraction of sp³-hybridized carbons (Fsp3) is 0.300. The van der Waals surface area contributed by atoms with Crippen LogP contribution in [0.2, 0.25) is 0 Å². The minimum absolute atomic E-state index is 0.271. The maximum Gasteiger partial charge on any atom is 0.235 e. The van der Waals surface area contributed by atoms with Gasteiger partial charge in [0.1, 0.15) is 5.82 Å². The van der Waals surface area contributed by atoms with E-state index in [0.717, 1.165) is 5.56 Å². The molecule has 0 fully saturated rings. The first-order chi connectivity index (χ1) is 7.09. The van der Waals surface area contributed by atoms with E-state index in [2.05, 4.69) is 5.32 Å². The molecule has 0 aliphatic carbocycles. The van der Waals surface area contributed by atoms with E-state index in [0.29, 0.717) is 13.1 Å². The second-order valence-corrected chi connectivity index (χ2v) is 3.27. The van der Waals surface area contributed by atoms with Gasteiger partial charge in [0.05, 0.1) is 6.04 Å². The van der Waals surface area contributed by atoms with Crippen LogP contribution in [0.4, 0.5) is 4.39 Å². The van der Waals surface area contributed by atoms with Crippen molar-refractivity contribution in [1.29, 1.82) is 0 Å². The average molecular weight is 211 g/mol. The molecule has 1 atom stereocenters. The van der Waals surface area contributed by atoms with Crippen LogP contribution in [0.25, 0.3) is 0 Å². The van der Waals surface area contributed by atoms with E-state index in [9.17, 15) is 9.18 Å². The molecule has 1 rings (SSSR count). The molecule has 0 aromatic heterocycles. The Hall–Kier alpha value is -1.46. The van der Waals surface area contributed by atoms with E-state index in [1.165, 1.54) is 12.1 Å². The topological polar surface area (TPSA) is 81.1 Å². The lowest BCUT2D eigenvalue weighted by Crippen LogP contribution is -2.44. The molecular formula is C10H14FN3O. The first-order valence-electron chi connectivity index (χ1n) is 4.59. The van der Waals surface area contributed by atoms with Crippen molar-refractivity contribution in [3.8, 4) is 0 Å². The summed E-state index contributed by atoms with van der Waals surface area (Å²) in [5.41, 5.74) is 11.3. The standard InChI is InChI=1S/C10H14FN3O/c11-8-3-1-7(2-4-8)5-14-6-9(12)10(13)15/h1-4,9,14H,5-6,12H2,(H2,13,15). The van der Waals surface area contributed by atoms with Crippen molar-refractivity contribution in [2.24, 2.45) is 11.5 Å². The molecule has 1 aromatic rings. The summed E-state index contributed by atoms with van der Waals surface area (Å²) in [4.78, 5) is 10.6. The summed E-state index contributed by atoms with van der Waals surface area (Å²) in [7, 11) is 0. The lowest BCUT2D eigenvalue weighted by molar-refractivity contribution is -0.119. The molecule has 5 N–H and O–H groups in total. The molecule has 0 saturated heterocycles. The third kappa shape index (κ3) is 4.05. The zero-order valence-corrected chi connectivity index (χ0v) is 8.24. The number of amides is 1. The molecule has 0 bridgehead atoms. The van der Waals surface area contributed by atoms with Crippen molar-refractivity contribution < 1.29 is 9.18 Å². The summed E-state index contributed by atoms with van der Waals surface area (Å²) in [6.07, 6.45) is 0. The van der Waals surface area contributed by atoms with Crippen LogP contribution in [0.3, 0.4) is 0 Å². The average Bonchev–Trinajstić information content (AvgIpc) is 2.20. The van der Waals surface area contributed by atoms with E-state index in [4.69, 9.17) is 11.5 Å². The molecule has 0 aliphatic heterocycles. The number of hydrogen-bond donors (Lipinski definition) is 3. The van der Waals surface area contributed by atoms with Crippen LogP contribution < -0.4 is 16.8 Å². The number of carbonyl (C=O) groups is 1. The van der Waals surface area contributed by atoms with Crippen LogP contribution in [0, 0.1) is 5.82 Å². The van der Waals surface area contributed by atoms with Gasteiger partial charge in [-0.3, -0.25) is 4.79 Å². The van der Waals surface area contributed by atoms with Crippen molar-refractivity contribution >= 4 is 5.91 Å². The van der Waals surface area contributed by atoms with Crippen molar-refractivity contribution in [2.45, 2.75) is 12.6 Å². The monoisotopic (exact) mass is 211 g/mol. The van der Waals surface area contributed by atoms with Gasteiger partial charge in [0.2, 0.25) is 5.91 Å². The van der Waals surface area contributed by atoms with Crippen LogP contribution in [0.15, 0.2) is 24.3 Å². The van der Waals surface area contributed by atoms with Crippen LogP contribution in [0.1, 0.15) is 5.56 Å². The summed E-state index contributed by atoms with van der Waals surface area (Å²) in [6.45, 7) is 0.841. The van der Waals surface area contributed by atoms with Crippen molar-refractivity contribution in [3.63, 3.8) is 0 Å². The third-order valence-electron chi connectivity index (χ3n) is 1.97. The zero-order valence-electron chi connectivity index (χ0n) is 8.24. The number of primary amides is 1. The number of hydrogen-bond acceptors (Lipinski definition) is 3. The van der Waals surface area contributed by atoms with Gasteiger partial charge < -0.3 is 16.8 Å². The largest absolute Gasteiger partial charge is 0.368 e. The van der Waals surface area contributed by atoms with Gasteiger partial charge in [-0.05, 0) is 17.7 Å². The van der Waals surface area contributed by atoms with Gasteiger partial charge in [0, 0.05) is 13.1 Å². The zero-order chi connectivity index (χ0) is 11.3. The Kier molecular flexibility index (Phi) is 4.20. The molecular weight excluding hydrogens is 197 g/mol. The van der Waals surface area contributed by atoms with E-state index >= 15 is 0 Å². The normalized spacial score (nSPS) is 12.4. The molecule has 0 spiro atoms. The quantitative estimate of drug-likeness (QED) is 0.627. The van der Waals surface area contributed by atoms with Gasteiger partial charge in [0.15, 0.2) is 0 Å². The van der Waals surface area contributed by atoms with E-state index in [1.807, 2.05) is 0 Å². The lowest BCUT2D eigenvalue weighted by atomic mass is 10.2. The van der Waals surface area contributed by atoms with Gasteiger partial charge in [-0.25, -0.2) is 4.39 Å². The second kappa shape index (κ2) is 5.43. The fourth-order valence-corrected chi connectivity index (χ4v) is 1.07. The Bertz CT molecular complexity index is 326. The third-order valence-corrected chi connectivity index (χ3v) is 1.97. The molecule has 5 heteroatoms. The van der Waals surface area contributed by atoms with Crippen molar-refractivity contribution in [1.82, 2.24) is 5.32 Å². The highest BCUT2D eigenvalue weighted by Crippen LogP contribution is 2.01. The summed E-state index contributed by atoms with van der Waals surface area (Å²) >= 11 is 0. The maximum atomic E-state index is 12.5. The number of nitrogens with one attached hydrogen (secondary N) is 1. The molecule has 1 aromatic carbocycles. The van der Waals surface area contributed by atoms with Gasteiger partial charge in [-0.2, -0.15) is 0 Å². The summed E-state index contributed by atoms with van der Waals surface area (Å²) in [5, 5.41) is 2.95. The number of halogens is 1. The lowest BCUT2D eigenvalue weighted by Gasteiger charge is -2.08. The van der Waals surface area contributed by atoms with Crippen molar-refractivity contribution in [2.75, 3.05) is 6.54 Å². The van der Waals surface area contributed by atoms with Crippen LogP contribution in [0.5, 0.6) is 0 Å². The Balaban J connectivity index is 2.32. The first-order valence-corrected chi connectivity index (χ1v) is 4.59. The highest BCUT2D eigenvalue weighted by Gasteiger charge is 2.07. The van der Waals surface area contributed by atoms with E-state index < -0.39 is 11.9 Å². The number of carbonyl (C=O) groups excluding carboxylic acids is 1. The highest BCUT2D eigenvalue weighted by molar-refractivity contribution is 5.79. The van der Waals surface area contributed by atoms with E-state index in [-0.39, 0.29) is 5.82 Å². The summed E-state index contributed by atoms with van der Waals surface area (Å²) in [5.74, 6) is -0.811. The molecule has 0 radical (unpaired) electrons. The summed E-state index contributed by atoms with van der Waals surface area (Å²) in [6, 6.07) is 5.40. The number of benzene rings is 1. The number of nitrogens with two attached hydrogens (primary N) is 2. The Labute approximate surface area is 87.4 Å². The Morgan fingerprint density at radius 1 is 1.40 bits per heavy atom. The van der Waals surface area contributed by atoms with E-state index in [1.54, 1.807) is 12.1 Å². The Morgan fingerprint density at radius 3 is 2.53 bits per heavy atom. The van der Waals surface area contributed by atoms with Crippen LogP contribution in [-0.2, 0) is 11.3 Å². The highest BCUT2D eigenvalue weighted by atomic mass is 19.1. The predicted molar refractivity (Wildman–Crippen MR) is 55.3 cm³/mol. The Morgan fingerprint density at radius 2 is 2.00 bits per heavy atom. The molecule has 0 aliphatic rings. The van der Waals surface area contributed by atoms with Crippen LogP contribution in [-0.4, -0.2) is 18.5 Å². The molecule has 0 heterocycles. The predicted octanol–water partition coefficient (Wildman–Crippen LogP) is -0.272.